The van der Waals surface area contributed by atoms with Crippen LogP contribution in [0.15, 0.2) is 48.8 Å². The Hall–Kier alpha value is -3.02. The Labute approximate surface area is 153 Å². The molecule has 1 aromatic carbocycles. The van der Waals surface area contributed by atoms with Crippen molar-refractivity contribution < 1.29 is 4.79 Å². The molecule has 0 aliphatic carbocycles. The first-order valence-electron chi connectivity index (χ1n) is 8.64. The average Bonchev–Trinajstić information content (AvgIpc) is 3.09. The van der Waals surface area contributed by atoms with Gasteiger partial charge in [-0.25, -0.2) is 0 Å². The van der Waals surface area contributed by atoms with Crippen LogP contribution >= 0.6 is 0 Å². The van der Waals surface area contributed by atoms with Crippen LogP contribution < -0.4 is 5.32 Å². The molecule has 2 aromatic heterocycles. The van der Waals surface area contributed by atoms with E-state index in [1.807, 2.05) is 12.1 Å². The highest BCUT2D eigenvalue weighted by Crippen LogP contribution is 2.22. The van der Waals surface area contributed by atoms with Crippen molar-refractivity contribution in [3.63, 3.8) is 0 Å². The number of hydrogen-bond donors (Lipinski definition) is 2. The van der Waals surface area contributed by atoms with Gasteiger partial charge >= 0.3 is 0 Å². The number of pyridine rings is 1. The molecule has 26 heavy (non-hydrogen) atoms. The van der Waals surface area contributed by atoms with Gasteiger partial charge in [0.15, 0.2) is 5.82 Å². The standard InChI is InChI=1S/C20H23N5O/c1-20(2,3)16-7-4-14(5-8-16)6-9-17(26)22-19-23-18(24-25-19)15-10-12-21-13-11-15/h4-5,7-8,10-13H,6,9H2,1-3H3,(H2,22,23,24,25,26). The highest BCUT2D eigenvalue weighted by atomic mass is 16.1. The summed E-state index contributed by atoms with van der Waals surface area (Å²) in [7, 11) is 0. The second kappa shape index (κ2) is 7.47. The Morgan fingerprint density at radius 3 is 2.38 bits per heavy atom. The van der Waals surface area contributed by atoms with Crippen LogP contribution in [0.4, 0.5) is 5.95 Å². The Morgan fingerprint density at radius 1 is 1.04 bits per heavy atom. The molecule has 6 heteroatoms. The van der Waals surface area contributed by atoms with Gasteiger partial charge in [-0.3, -0.25) is 15.1 Å². The van der Waals surface area contributed by atoms with Crippen LogP contribution in [0.5, 0.6) is 0 Å². The second-order valence-electron chi connectivity index (χ2n) is 7.25. The molecular weight excluding hydrogens is 326 g/mol. The number of carbonyl (C=O) groups is 1. The van der Waals surface area contributed by atoms with E-state index in [-0.39, 0.29) is 11.3 Å². The predicted molar refractivity (Wildman–Crippen MR) is 102 cm³/mol. The number of hydrogen-bond acceptors (Lipinski definition) is 4. The van der Waals surface area contributed by atoms with Crippen LogP contribution in [0.1, 0.15) is 38.3 Å². The minimum atomic E-state index is -0.0951. The van der Waals surface area contributed by atoms with Gasteiger partial charge in [-0.2, -0.15) is 0 Å². The van der Waals surface area contributed by atoms with Crippen molar-refractivity contribution in [2.24, 2.45) is 0 Å². The van der Waals surface area contributed by atoms with E-state index in [0.29, 0.717) is 24.6 Å². The number of rotatable bonds is 5. The summed E-state index contributed by atoms with van der Waals surface area (Å²) in [5, 5.41) is 10.8. The first-order valence-corrected chi connectivity index (χ1v) is 8.64. The summed E-state index contributed by atoms with van der Waals surface area (Å²) in [4.78, 5) is 19.1. The SMILES string of the molecule is CC(C)(C)c1ccc(CCC(=O)Nc2nnc(-c3ccncc3)[nH]2)cc1. The number of aromatic nitrogens is 4. The smallest absolute Gasteiger partial charge is 0.228 e. The molecule has 1 amide bonds. The summed E-state index contributed by atoms with van der Waals surface area (Å²) >= 11 is 0. The molecule has 0 aliphatic heterocycles. The largest absolute Gasteiger partial charge is 0.307 e. The van der Waals surface area contributed by atoms with Crippen LogP contribution in [0.2, 0.25) is 0 Å². The van der Waals surface area contributed by atoms with Crippen LogP contribution in [0, 0.1) is 0 Å². The number of aryl methyl sites for hydroxylation is 1. The van der Waals surface area contributed by atoms with Gasteiger partial charge in [-0.05, 0) is 35.1 Å². The number of anilines is 1. The van der Waals surface area contributed by atoms with E-state index in [2.05, 4.69) is 70.5 Å². The first kappa shape index (κ1) is 17.8. The molecule has 3 aromatic rings. The van der Waals surface area contributed by atoms with E-state index < -0.39 is 0 Å². The summed E-state index contributed by atoms with van der Waals surface area (Å²) in [6.45, 7) is 6.56. The number of H-pyrrole nitrogens is 1. The van der Waals surface area contributed by atoms with Crippen molar-refractivity contribution >= 4 is 11.9 Å². The third kappa shape index (κ3) is 4.53. The van der Waals surface area contributed by atoms with Crippen LogP contribution in [-0.4, -0.2) is 26.1 Å². The number of amides is 1. The van der Waals surface area contributed by atoms with Gasteiger partial charge in [0.1, 0.15) is 0 Å². The van der Waals surface area contributed by atoms with E-state index in [1.165, 1.54) is 5.56 Å². The van der Waals surface area contributed by atoms with E-state index in [0.717, 1.165) is 11.1 Å². The second-order valence-corrected chi connectivity index (χ2v) is 7.25. The van der Waals surface area contributed by atoms with Gasteiger partial charge in [-0.15, -0.1) is 10.2 Å². The Morgan fingerprint density at radius 2 is 1.73 bits per heavy atom. The molecule has 0 radical (unpaired) electrons. The zero-order valence-electron chi connectivity index (χ0n) is 15.3. The lowest BCUT2D eigenvalue weighted by Gasteiger charge is -2.19. The molecule has 0 unspecified atom stereocenters. The highest BCUT2D eigenvalue weighted by molar-refractivity contribution is 5.89. The Bertz CT molecular complexity index is 863. The molecule has 0 fully saturated rings. The minimum absolute atomic E-state index is 0.0951. The van der Waals surface area contributed by atoms with E-state index in [9.17, 15) is 4.79 Å². The monoisotopic (exact) mass is 349 g/mol. The number of nitrogens with one attached hydrogen (secondary N) is 2. The number of carbonyl (C=O) groups excluding carboxylic acids is 1. The van der Waals surface area contributed by atoms with Gasteiger partial charge in [-0.1, -0.05) is 45.0 Å². The lowest BCUT2D eigenvalue weighted by molar-refractivity contribution is -0.116. The van der Waals surface area contributed by atoms with Crippen molar-refractivity contribution in [2.45, 2.75) is 39.0 Å². The lowest BCUT2D eigenvalue weighted by atomic mass is 9.86. The summed E-state index contributed by atoms with van der Waals surface area (Å²) in [6, 6.07) is 12.1. The average molecular weight is 349 g/mol. The fourth-order valence-corrected chi connectivity index (χ4v) is 2.58. The Balaban J connectivity index is 1.54. The van der Waals surface area contributed by atoms with Gasteiger partial charge in [0.2, 0.25) is 11.9 Å². The third-order valence-corrected chi connectivity index (χ3v) is 4.16. The predicted octanol–water partition coefficient (Wildman–Crippen LogP) is 3.74. The molecule has 0 saturated carbocycles. The number of nitrogens with zero attached hydrogens (tertiary/aromatic N) is 3. The molecule has 0 saturated heterocycles. The molecule has 6 nitrogen and oxygen atoms in total. The van der Waals surface area contributed by atoms with Gasteiger partial charge < -0.3 is 4.98 Å². The third-order valence-electron chi connectivity index (χ3n) is 4.16. The lowest BCUT2D eigenvalue weighted by Crippen LogP contribution is -2.14. The van der Waals surface area contributed by atoms with Crippen molar-refractivity contribution in [2.75, 3.05) is 5.32 Å². The number of benzene rings is 1. The molecule has 0 aliphatic rings. The summed E-state index contributed by atoms with van der Waals surface area (Å²) < 4.78 is 0. The summed E-state index contributed by atoms with van der Waals surface area (Å²) in [5.41, 5.74) is 3.43. The minimum Gasteiger partial charge on any atom is -0.307 e. The normalized spacial score (nSPS) is 11.3. The van der Waals surface area contributed by atoms with Crippen LogP contribution in [0.25, 0.3) is 11.4 Å². The number of aromatic amines is 1. The zero-order valence-corrected chi connectivity index (χ0v) is 15.3. The maximum atomic E-state index is 12.1. The van der Waals surface area contributed by atoms with Crippen molar-refractivity contribution in [1.29, 1.82) is 0 Å². The molecule has 134 valence electrons. The Kier molecular flexibility index (Phi) is 5.11. The van der Waals surface area contributed by atoms with E-state index >= 15 is 0 Å². The first-order chi connectivity index (χ1) is 12.4. The quantitative estimate of drug-likeness (QED) is 0.735. The molecule has 0 spiro atoms. The maximum Gasteiger partial charge on any atom is 0.228 e. The van der Waals surface area contributed by atoms with Crippen molar-refractivity contribution in [3.05, 3.63) is 59.9 Å². The maximum absolute atomic E-state index is 12.1. The van der Waals surface area contributed by atoms with E-state index in [4.69, 9.17) is 0 Å². The summed E-state index contributed by atoms with van der Waals surface area (Å²) in [5.74, 6) is 0.854. The van der Waals surface area contributed by atoms with Gasteiger partial charge in [0.05, 0.1) is 0 Å². The molecule has 2 heterocycles. The zero-order chi connectivity index (χ0) is 18.6. The topological polar surface area (TPSA) is 83.6 Å². The molecule has 2 N–H and O–H groups in total. The summed E-state index contributed by atoms with van der Waals surface area (Å²) in [6.07, 6.45) is 4.43. The fraction of sp³-hybridized carbons (Fsp3) is 0.300. The molecule has 3 rings (SSSR count). The van der Waals surface area contributed by atoms with Crippen molar-refractivity contribution in [3.8, 4) is 11.4 Å². The van der Waals surface area contributed by atoms with Crippen molar-refractivity contribution in [1.82, 2.24) is 20.2 Å². The fourth-order valence-electron chi connectivity index (χ4n) is 2.58. The molecular formula is C20H23N5O. The van der Waals surface area contributed by atoms with Crippen LogP contribution in [-0.2, 0) is 16.6 Å². The van der Waals surface area contributed by atoms with Gasteiger partial charge in [0, 0.05) is 24.4 Å². The van der Waals surface area contributed by atoms with E-state index in [1.54, 1.807) is 12.4 Å². The van der Waals surface area contributed by atoms with Crippen LogP contribution in [0.3, 0.4) is 0 Å². The molecule has 0 atom stereocenters. The van der Waals surface area contributed by atoms with Gasteiger partial charge in [0.25, 0.3) is 0 Å². The molecule has 0 bridgehead atoms. The highest BCUT2D eigenvalue weighted by Gasteiger charge is 2.13.